The van der Waals surface area contributed by atoms with Crippen LogP contribution >= 0.6 is 0 Å². The quantitative estimate of drug-likeness (QED) is 0.210. The van der Waals surface area contributed by atoms with Crippen LogP contribution in [0.5, 0.6) is 0 Å². The van der Waals surface area contributed by atoms with E-state index in [9.17, 15) is 9.59 Å². The molecule has 2 aromatic carbocycles. The highest BCUT2D eigenvalue weighted by atomic mass is 16.2. The van der Waals surface area contributed by atoms with E-state index in [1.165, 1.54) is 9.08 Å². The molecule has 1 aliphatic heterocycles. The molecule has 1 fully saturated rings. The van der Waals surface area contributed by atoms with Crippen molar-refractivity contribution >= 4 is 28.3 Å². The first-order valence-corrected chi connectivity index (χ1v) is 16.3. The fourth-order valence-electron chi connectivity index (χ4n) is 6.30. The third-order valence-electron chi connectivity index (χ3n) is 8.94. The van der Waals surface area contributed by atoms with Crippen molar-refractivity contribution in [2.75, 3.05) is 32.4 Å². The number of piperidine rings is 1. The van der Waals surface area contributed by atoms with Crippen molar-refractivity contribution in [1.29, 1.82) is 0 Å². The van der Waals surface area contributed by atoms with Crippen LogP contribution in [0.1, 0.15) is 53.1 Å². The number of nitrogen functional groups attached to an aromatic ring is 1. The lowest BCUT2D eigenvalue weighted by Crippen LogP contribution is -2.42. The van der Waals surface area contributed by atoms with Crippen LogP contribution < -0.4 is 21.9 Å². The van der Waals surface area contributed by atoms with Crippen LogP contribution in [0, 0.1) is 11.8 Å². The van der Waals surface area contributed by atoms with Gasteiger partial charge < -0.3 is 21.3 Å². The molecule has 6 aromatic rings. The van der Waals surface area contributed by atoms with Crippen molar-refractivity contribution in [3.63, 3.8) is 0 Å². The molecule has 13 heteroatoms. The number of amides is 1. The van der Waals surface area contributed by atoms with Crippen molar-refractivity contribution in [3.8, 4) is 17.5 Å². The zero-order chi connectivity index (χ0) is 33.9. The van der Waals surface area contributed by atoms with Gasteiger partial charge >= 0.3 is 0 Å². The molecule has 1 aliphatic rings. The highest BCUT2D eigenvalue weighted by Crippen LogP contribution is 2.22. The van der Waals surface area contributed by atoms with Gasteiger partial charge in [0.05, 0.1) is 40.9 Å². The third kappa shape index (κ3) is 6.52. The number of carbonyl (C=O) groups excluding carboxylic acids is 1. The van der Waals surface area contributed by atoms with Crippen LogP contribution in [0.25, 0.3) is 22.2 Å². The van der Waals surface area contributed by atoms with Gasteiger partial charge in [-0.15, -0.1) is 5.10 Å². The number of benzene rings is 2. The molecule has 0 bridgehead atoms. The molecule has 7 rings (SSSR count). The normalized spacial score (nSPS) is 14.5. The van der Waals surface area contributed by atoms with E-state index < -0.39 is 11.9 Å². The minimum Gasteiger partial charge on any atom is -0.381 e. The summed E-state index contributed by atoms with van der Waals surface area (Å²) in [5.41, 5.74) is 8.67. The molecule has 1 unspecified atom stereocenters. The summed E-state index contributed by atoms with van der Waals surface area (Å²) in [5, 5.41) is 15.4. The minimum absolute atomic E-state index is 0.0500. The SMILES string of the molecule is CNC1CCN(CCn2cc(C#Cc3cccc4nc(C(C)NC(=O)c5c(N)nn6cccnc56)n(-c5ccccc5)c(=O)c34)cn2)CC1. The lowest BCUT2D eigenvalue weighted by Gasteiger charge is -2.31. The van der Waals surface area contributed by atoms with Crippen molar-refractivity contribution in [1.82, 2.24) is 49.5 Å². The van der Waals surface area contributed by atoms with E-state index in [4.69, 9.17) is 10.7 Å². The number of aromatic nitrogens is 7. The molecule has 0 saturated carbocycles. The second-order valence-electron chi connectivity index (χ2n) is 12.1. The fourth-order valence-corrected chi connectivity index (χ4v) is 6.30. The Hall–Kier alpha value is -5.84. The number of carbonyl (C=O) groups is 1. The molecule has 49 heavy (non-hydrogen) atoms. The molecular formula is C36H37N11O2. The second kappa shape index (κ2) is 13.7. The molecule has 4 aromatic heterocycles. The van der Waals surface area contributed by atoms with Gasteiger partial charge in [-0.05, 0) is 70.2 Å². The summed E-state index contributed by atoms with van der Waals surface area (Å²) in [6.07, 6.45) is 9.23. The van der Waals surface area contributed by atoms with E-state index in [1.54, 1.807) is 37.6 Å². The number of fused-ring (bicyclic) bond motifs is 2. The van der Waals surface area contributed by atoms with Crippen molar-refractivity contribution < 1.29 is 4.79 Å². The van der Waals surface area contributed by atoms with E-state index in [0.717, 1.165) is 44.6 Å². The Morgan fingerprint density at radius 3 is 2.67 bits per heavy atom. The van der Waals surface area contributed by atoms with Gasteiger partial charge in [0.1, 0.15) is 11.4 Å². The van der Waals surface area contributed by atoms with Crippen molar-refractivity contribution in [2.45, 2.75) is 38.4 Å². The summed E-state index contributed by atoms with van der Waals surface area (Å²) in [6, 6.07) is 16.2. The summed E-state index contributed by atoms with van der Waals surface area (Å²) in [4.78, 5) is 39.6. The number of hydrogen-bond donors (Lipinski definition) is 3. The first-order chi connectivity index (χ1) is 23.9. The molecule has 1 atom stereocenters. The lowest BCUT2D eigenvalue weighted by atomic mass is 10.1. The number of likely N-dealkylation sites (tertiary alicyclic amines) is 1. The Kier molecular flexibility index (Phi) is 8.89. The summed E-state index contributed by atoms with van der Waals surface area (Å²) in [7, 11) is 2.03. The van der Waals surface area contributed by atoms with Gasteiger partial charge in [-0.1, -0.05) is 36.1 Å². The number of nitrogens with zero attached hydrogens (tertiary/aromatic N) is 8. The predicted octanol–water partition coefficient (Wildman–Crippen LogP) is 2.78. The number of para-hydroxylation sites is 1. The largest absolute Gasteiger partial charge is 0.381 e. The van der Waals surface area contributed by atoms with Crippen molar-refractivity contribution in [3.05, 3.63) is 112 Å². The molecule has 1 saturated heterocycles. The highest BCUT2D eigenvalue weighted by molar-refractivity contribution is 6.04. The van der Waals surface area contributed by atoms with E-state index in [0.29, 0.717) is 39.7 Å². The lowest BCUT2D eigenvalue weighted by molar-refractivity contribution is 0.0940. The highest BCUT2D eigenvalue weighted by Gasteiger charge is 2.25. The minimum atomic E-state index is -0.696. The Labute approximate surface area is 282 Å². The first kappa shape index (κ1) is 31.7. The Bertz CT molecular complexity index is 2250. The van der Waals surface area contributed by atoms with Gasteiger partial charge in [0, 0.05) is 36.7 Å². The zero-order valence-electron chi connectivity index (χ0n) is 27.4. The van der Waals surface area contributed by atoms with Gasteiger partial charge in [-0.25, -0.2) is 14.5 Å². The standard InChI is InChI=1S/C36H37N11O2/c1-24(41-35(48)31-32(37)43-46-17-7-16-39-34(31)46)33-42-29-11-6-8-26(30(29)36(49)47(33)28-9-4-3-5-10-28)13-12-25-22-40-45(23-25)21-20-44-18-14-27(38-2)15-19-44/h3-11,16-17,22-24,27,38H,14-15,18-21H2,1-2H3,(H2,37,43)(H,41,48). The summed E-state index contributed by atoms with van der Waals surface area (Å²) in [5.74, 6) is 6.32. The summed E-state index contributed by atoms with van der Waals surface area (Å²) in [6.45, 7) is 5.64. The van der Waals surface area contributed by atoms with Crippen LogP contribution in [0.2, 0.25) is 0 Å². The van der Waals surface area contributed by atoms with E-state index >= 15 is 0 Å². The van der Waals surface area contributed by atoms with E-state index in [-0.39, 0.29) is 16.9 Å². The zero-order valence-corrected chi connectivity index (χ0v) is 27.4. The molecule has 0 spiro atoms. The van der Waals surface area contributed by atoms with Gasteiger partial charge in [0.25, 0.3) is 11.5 Å². The van der Waals surface area contributed by atoms with Gasteiger partial charge in [-0.2, -0.15) is 5.10 Å². The molecule has 1 amide bonds. The van der Waals surface area contributed by atoms with Crippen molar-refractivity contribution in [2.24, 2.45) is 0 Å². The molecule has 5 heterocycles. The maximum Gasteiger partial charge on any atom is 0.267 e. The fraction of sp³-hybridized carbons (Fsp3) is 0.278. The van der Waals surface area contributed by atoms with Gasteiger partial charge in [0.15, 0.2) is 11.5 Å². The molecule has 13 nitrogen and oxygen atoms in total. The molecule has 0 aliphatic carbocycles. The molecule has 0 radical (unpaired) electrons. The Balaban J connectivity index is 1.18. The number of hydrogen-bond acceptors (Lipinski definition) is 9. The van der Waals surface area contributed by atoms with E-state index in [1.807, 2.05) is 60.4 Å². The molecular weight excluding hydrogens is 618 g/mol. The maximum absolute atomic E-state index is 14.4. The van der Waals surface area contributed by atoms with Crippen LogP contribution in [0.3, 0.4) is 0 Å². The molecule has 248 valence electrons. The molecule has 4 N–H and O–H groups in total. The Morgan fingerprint density at radius 1 is 1.06 bits per heavy atom. The van der Waals surface area contributed by atoms with Crippen LogP contribution in [-0.2, 0) is 6.54 Å². The third-order valence-corrected chi connectivity index (χ3v) is 8.94. The number of anilines is 1. The topological polar surface area (TPSA) is 153 Å². The van der Waals surface area contributed by atoms with Gasteiger partial charge in [0.2, 0.25) is 0 Å². The number of nitrogens with two attached hydrogens (primary N) is 1. The van der Waals surface area contributed by atoms with Crippen LogP contribution in [0.4, 0.5) is 5.82 Å². The number of rotatable bonds is 8. The smallest absolute Gasteiger partial charge is 0.267 e. The van der Waals surface area contributed by atoms with Crippen LogP contribution in [-0.4, -0.2) is 77.5 Å². The first-order valence-electron chi connectivity index (χ1n) is 16.3. The van der Waals surface area contributed by atoms with Gasteiger partial charge in [-0.3, -0.25) is 18.8 Å². The summed E-state index contributed by atoms with van der Waals surface area (Å²) < 4.78 is 4.89. The van der Waals surface area contributed by atoms with E-state index in [2.05, 4.69) is 42.6 Å². The van der Waals surface area contributed by atoms with Crippen LogP contribution in [0.15, 0.2) is 84.2 Å². The second-order valence-corrected chi connectivity index (χ2v) is 12.1. The number of nitrogens with one attached hydrogen (secondary N) is 2. The maximum atomic E-state index is 14.4. The predicted molar refractivity (Wildman–Crippen MR) is 187 cm³/mol. The average molecular weight is 656 g/mol. The average Bonchev–Trinajstić information content (AvgIpc) is 3.73. The monoisotopic (exact) mass is 655 g/mol. The summed E-state index contributed by atoms with van der Waals surface area (Å²) >= 11 is 0. The Morgan fingerprint density at radius 2 is 1.88 bits per heavy atom.